The number of rotatable bonds is 0. The number of para-hydroxylation sites is 1. The number of nitrogens with zero attached hydrogens (tertiary/aromatic N) is 1. The molecule has 1 aliphatic rings. The lowest BCUT2D eigenvalue weighted by Crippen LogP contribution is -2.13. The molecule has 2 nitrogen and oxygen atoms in total. The summed E-state index contributed by atoms with van der Waals surface area (Å²) in [6, 6.07) is 12.5. The lowest BCUT2D eigenvalue weighted by atomic mass is 10.2. The number of benzene rings is 2. The summed E-state index contributed by atoms with van der Waals surface area (Å²) in [4.78, 5) is 5.79. The van der Waals surface area contributed by atoms with Gasteiger partial charge in [0.15, 0.2) is 0 Å². The maximum absolute atomic E-state index is 13.8. The normalized spacial score (nSPS) is 13.4. The fraction of sp³-hybridized carbons (Fsp3) is 0. The Hall–Kier alpha value is -1.81. The van der Waals surface area contributed by atoms with Crippen LogP contribution in [0.25, 0.3) is 0 Å². The molecule has 0 bridgehead atoms. The fourth-order valence-electron chi connectivity index (χ4n) is 1.75. The standard InChI is InChI=1S/C13H9FN2S/c14-9-5-3-4-8-12(9)17-11-7-2-1-6-10(11)16-13(8)15/h1-7H,(H2,15,16). The van der Waals surface area contributed by atoms with Crippen molar-refractivity contribution in [3.05, 3.63) is 53.8 Å². The van der Waals surface area contributed by atoms with Gasteiger partial charge < -0.3 is 5.73 Å². The molecule has 0 amide bonds. The molecule has 3 rings (SSSR count). The Morgan fingerprint density at radius 1 is 1.06 bits per heavy atom. The molecule has 0 aliphatic carbocycles. The van der Waals surface area contributed by atoms with Crippen molar-refractivity contribution in [3.63, 3.8) is 0 Å². The molecule has 0 spiro atoms. The molecule has 0 fully saturated rings. The second kappa shape index (κ2) is 3.89. The Morgan fingerprint density at radius 2 is 1.88 bits per heavy atom. The van der Waals surface area contributed by atoms with Gasteiger partial charge in [0.05, 0.1) is 10.6 Å². The average molecular weight is 244 g/mol. The van der Waals surface area contributed by atoms with Crippen LogP contribution in [0.3, 0.4) is 0 Å². The van der Waals surface area contributed by atoms with E-state index < -0.39 is 0 Å². The first kappa shape index (κ1) is 10.4. The van der Waals surface area contributed by atoms with Crippen LogP contribution in [-0.2, 0) is 0 Å². The van der Waals surface area contributed by atoms with Gasteiger partial charge in [-0.3, -0.25) is 0 Å². The Balaban J connectivity index is 2.28. The van der Waals surface area contributed by atoms with Gasteiger partial charge in [-0.1, -0.05) is 30.0 Å². The summed E-state index contributed by atoms with van der Waals surface area (Å²) >= 11 is 1.36. The molecular weight excluding hydrogens is 235 g/mol. The molecular formula is C13H9FN2S. The third kappa shape index (κ3) is 1.70. The van der Waals surface area contributed by atoms with Crippen LogP contribution in [0.1, 0.15) is 5.56 Å². The lowest BCUT2D eigenvalue weighted by Gasteiger charge is -2.06. The van der Waals surface area contributed by atoms with Gasteiger partial charge in [-0.25, -0.2) is 9.38 Å². The van der Waals surface area contributed by atoms with Crippen LogP contribution in [0.4, 0.5) is 10.1 Å². The van der Waals surface area contributed by atoms with Crippen LogP contribution in [0, 0.1) is 5.82 Å². The third-order valence-electron chi connectivity index (χ3n) is 2.56. The van der Waals surface area contributed by atoms with Crippen molar-refractivity contribution in [1.82, 2.24) is 0 Å². The summed E-state index contributed by atoms with van der Waals surface area (Å²) in [6.45, 7) is 0. The maximum Gasteiger partial charge on any atom is 0.137 e. The van der Waals surface area contributed by atoms with Gasteiger partial charge in [0.1, 0.15) is 11.7 Å². The van der Waals surface area contributed by atoms with Gasteiger partial charge >= 0.3 is 0 Å². The van der Waals surface area contributed by atoms with E-state index in [4.69, 9.17) is 5.73 Å². The van der Waals surface area contributed by atoms with E-state index in [0.29, 0.717) is 16.3 Å². The van der Waals surface area contributed by atoms with E-state index in [2.05, 4.69) is 4.99 Å². The molecule has 84 valence electrons. The number of fused-ring (bicyclic) bond motifs is 2. The van der Waals surface area contributed by atoms with Crippen molar-refractivity contribution < 1.29 is 4.39 Å². The van der Waals surface area contributed by atoms with Crippen molar-refractivity contribution in [3.8, 4) is 0 Å². The summed E-state index contributed by atoms with van der Waals surface area (Å²) < 4.78 is 13.8. The maximum atomic E-state index is 13.8. The van der Waals surface area contributed by atoms with Gasteiger partial charge in [-0.05, 0) is 24.3 Å². The Kier molecular flexibility index (Phi) is 2.37. The average Bonchev–Trinajstić information content (AvgIpc) is 2.47. The van der Waals surface area contributed by atoms with E-state index in [1.807, 2.05) is 24.3 Å². The van der Waals surface area contributed by atoms with E-state index in [-0.39, 0.29) is 5.82 Å². The second-order valence-electron chi connectivity index (χ2n) is 3.68. The van der Waals surface area contributed by atoms with Gasteiger partial charge in [0.2, 0.25) is 0 Å². The molecule has 1 heterocycles. The number of hydrogen-bond donors (Lipinski definition) is 1. The number of halogens is 1. The predicted molar refractivity (Wildman–Crippen MR) is 67.3 cm³/mol. The minimum Gasteiger partial charge on any atom is -0.383 e. The number of amidine groups is 1. The zero-order valence-electron chi connectivity index (χ0n) is 8.85. The predicted octanol–water partition coefficient (Wildman–Crippen LogP) is 3.33. The topological polar surface area (TPSA) is 38.4 Å². The van der Waals surface area contributed by atoms with Gasteiger partial charge in [0, 0.05) is 10.5 Å². The van der Waals surface area contributed by atoms with Crippen LogP contribution in [-0.4, -0.2) is 5.84 Å². The molecule has 0 atom stereocenters. The molecule has 0 aromatic heterocycles. The highest BCUT2D eigenvalue weighted by Gasteiger charge is 2.18. The first-order valence-electron chi connectivity index (χ1n) is 5.15. The highest BCUT2D eigenvalue weighted by Crippen LogP contribution is 2.40. The smallest absolute Gasteiger partial charge is 0.137 e. The van der Waals surface area contributed by atoms with Crippen molar-refractivity contribution in [1.29, 1.82) is 0 Å². The Morgan fingerprint density at radius 3 is 2.76 bits per heavy atom. The number of nitrogens with two attached hydrogens (primary N) is 1. The molecule has 17 heavy (non-hydrogen) atoms. The summed E-state index contributed by atoms with van der Waals surface area (Å²) in [7, 11) is 0. The summed E-state index contributed by atoms with van der Waals surface area (Å²) in [6.07, 6.45) is 0. The summed E-state index contributed by atoms with van der Waals surface area (Å²) in [5.41, 5.74) is 7.34. The highest BCUT2D eigenvalue weighted by atomic mass is 32.2. The molecule has 2 N–H and O–H groups in total. The Labute approximate surface area is 102 Å². The third-order valence-corrected chi connectivity index (χ3v) is 3.75. The van der Waals surface area contributed by atoms with Crippen LogP contribution in [0.15, 0.2) is 57.2 Å². The largest absolute Gasteiger partial charge is 0.383 e. The molecule has 2 aromatic rings. The van der Waals surface area contributed by atoms with Gasteiger partial charge in [-0.2, -0.15) is 0 Å². The second-order valence-corrected chi connectivity index (χ2v) is 4.74. The van der Waals surface area contributed by atoms with E-state index in [1.54, 1.807) is 12.1 Å². The fourth-order valence-corrected chi connectivity index (χ4v) is 2.78. The quantitative estimate of drug-likeness (QED) is 0.772. The van der Waals surface area contributed by atoms with E-state index in [1.165, 1.54) is 17.8 Å². The monoisotopic (exact) mass is 244 g/mol. The van der Waals surface area contributed by atoms with Crippen LogP contribution in [0.5, 0.6) is 0 Å². The van der Waals surface area contributed by atoms with E-state index >= 15 is 0 Å². The summed E-state index contributed by atoms with van der Waals surface area (Å²) in [5.74, 6) is 0.0966. The molecule has 1 aliphatic heterocycles. The van der Waals surface area contributed by atoms with Crippen molar-refractivity contribution in [2.75, 3.05) is 0 Å². The van der Waals surface area contributed by atoms with Crippen LogP contribution < -0.4 is 5.73 Å². The molecule has 0 radical (unpaired) electrons. The van der Waals surface area contributed by atoms with E-state index in [0.717, 1.165) is 10.6 Å². The van der Waals surface area contributed by atoms with Gasteiger partial charge in [0.25, 0.3) is 0 Å². The number of hydrogen-bond acceptors (Lipinski definition) is 3. The first-order valence-corrected chi connectivity index (χ1v) is 5.97. The lowest BCUT2D eigenvalue weighted by molar-refractivity contribution is 0.601. The first-order chi connectivity index (χ1) is 8.25. The SMILES string of the molecule is NC1=Nc2ccccc2Sc2c(F)cccc21. The minimum atomic E-state index is -0.262. The molecule has 0 saturated carbocycles. The van der Waals surface area contributed by atoms with Crippen molar-refractivity contribution in [2.24, 2.45) is 10.7 Å². The molecule has 4 heteroatoms. The number of aliphatic imine (C=N–C) groups is 1. The zero-order chi connectivity index (χ0) is 11.8. The van der Waals surface area contributed by atoms with Gasteiger partial charge in [-0.15, -0.1) is 0 Å². The van der Waals surface area contributed by atoms with Crippen LogP contribution >= 0.6 is 11.8 Å². The molecule has 0 saturated heterocycles. The molecule has 2 aromatic carbocycles. The zero-order valence-corrected chi connectivity index (χ0v) is 9.67. The molecule has 0 unspecified atom stereocenters. The Bertz CT molecular complexity index is 623. The minimum absolute atomic E-state index is 0.262. The summed E-state index contributed by atoms with van der Waals surface area (Å²) in [5, 5.41) is 0. The highest BCUT2D eigenvalue weighted by molar-refractivity contribution is 7.99. The van der Waals surface area contributed by atoms with Crippen LogP contribution in [0.2, 0.25) is 0 Å². The van der Waals surface area contributed by atoms with Crippen molar-refractivity contribution >= 4 is 23.3 Å². The van der Waals surface area contributed by atoms with E-state index in [9.17, 15) is 4.39 Å². The van der Waals surface area contributed by atoms with Crippen molar-refractivity contribution in [2.45, 2.75) is 9.79 Å².